The SMILES string of the molecule is CC1(C)CNCc2cc(Nc3ncc(Cl)c(Nc4ccccc4P(C)(C)=O)n3)ccc21. The number of anilines is 4. The molecule has 0 aliphatic carbocycles. The minimum Gasteiger partial charge on any atom is -0.338 e. The van der Waals surface area contributed by atoms with Gasteiger partial charge in [-0.15, -0.1) is 0 Å². The van der Waals surface area contributed by atoms with Crippen molar-refractivity contribution in [3.8, 4) is 0 Å². The molecule has 0 amide bonds. The summed E-state index contributed by atoms with van der Waals surface area (Å²) < 4.78 is 12.7. The van der Waals surface area contributed by atoms with Crippen LogP contribution in [0.2, 0.25) is 5.02 Å². The number of halogens is 1. The Bertz CT molecular complexity index is 1170. The molecule has 31 heavy (non-hydrogen) atoms. The highest BCUT2D eigenvalue weighted by atomic mass is 35.5. The van der Waals surface area contributed by atoms with Gasteiger partial charge in [-0.1, -0.05) is 43.6 Å². The molecule has 3 aromatic rings. The summed E-state index contributed by atoms with van der Waals surface area (Å²) in [6, 6.07) is 13.9. The van der Waals surface area contributed by atoms with Gasteiger partial charge >= 0.3 is 0 Å². The van der Waals surface area contributed by atoms with Crippen LogP contribution in [0.5, 0.6) is 0 Å². The monoisotopic (exact) mass is 455 g/mol. The maximum atomic E-state index is 12.7. The van der Waals surface area contributed by atoms with Crippen LogP contribution < -0.4 is 21.3 Å². The molecular formula is C23H27ClN5OP. The van der Waals surface area contributed by atoms with Crippen molar-refractivity contribution in [1.82, 2.24) is 15.3 Å². The Kier molecular flexibility index (Phi) is 5.82. The molecule has 8 heteroatoms. The van der Waals surface area contributed by atoms with Crippen molar-refractivity contribution in [2.75, 3.05) is 30.5 Å². The van der Waals surface area contributed by atoms with Crippen LogP contribution in [0, 0.1) is 0 Å². The van der Waals surface area contributed by atoms with Crippen molar-refractivity contribution in [2.24, 2.45) is 0 Å². The number of nitrogens with zero attached hydrogens (tertiary/aromatic N) is 2. The summed E-state index contributed by atoms with van der Waals surface area (Å²) in [5.74, 6) is 0.893. The summed E-state index contributed by atoms with van der Waals surface area (Å²) in [5, 5.41) is 11.1. The van der Waals surface area contributed by atoms with Crippen LogP contribution in [0.25, 0.3) is 0 Å². The molecule has 6 nitrogen and oxygen atoms in total. The molecular weight excluding hydrogens is 429 g/mol. The third-order valence-electron chi connectivity index (χ3n) is 5.45. The second-order valence-electron chi connectivity index (χ2n) is 8.87. The maximum absolute atomic E-state index is 12.7. The second kappa shape index (κ2) is 8.27. The zero-order valence-electron chi connectivity index (χ0n) is 18.2. The fourth-order valence-corrected chi connectivity index (χ4v) is 5.20. The molecule has 0 saturated carbocycles. The molecule has 1 aliphatic rings. The topological polar surface area (TPSA) is 78.9 Å². The number of aromatic nitrogens is 2. The molecule has 0 fully saturated rings. The van der Waals surface area contributed by atoms with Gasteiger partial charge in [-0.2, -0.15) is 4.98 Å². The number of nitrogens with one attached hydrogen (secondary N) is 3. The van der Waals surface area contributed by atoms with Gasteiger partial charge in [-0.05, 0) is 48.7 Å². The van der Waals surface area contributed by atoms with Gasteiger partial charge in [0, 0.05) is 29.5 Å². The molecule has 4 rings (SSSR count). The quantitative estimate of drug-likeness (QED) is 0.456. The smallest absolute Gasteiger partial charge is 0.229 e. The van der Waals surface area contributed by atoms with Crippen molar-refractivity contribution < 1.29 is 4.57 Å². The Hall–Kier alpha value is -2.40. The summed E-state index contributed by atoms with van der Waals surface area (Å²) in [4.78, 5) is 8.88. The zero-order valence-corrected chi connectivity index (χ0v) is 19.8. The van der Waals surface area contributed by atoms with E-state index in [2.05, 4.69) is 58.0 Å². The van der Waals surface area contributed by atoms with Crippen LogP contribution in [-0.4, -0.2) is 29.8 Å². The summed E-state index contributed by atoms with van der Waals surface area (Å²) in [7, 11) is -2.47. The largest absolute Gasteiger partial charge is 0.338 e. The summed E-state index contributed by atoms with van der Waals surface area (Å²) in [6.07, 6.45) is 1.56. The fourth-order valence-electron chi connectivity index (χ4n) is 3.90. The van der Waals surface area contributed by atoms with Crippen LogP contribution in [0.15, 0.2) is 48.7 Å². The Morgan fingerprint density at radius 3 is 2.68 bits per heavy atom. The number of fused-ring (bicyclic) bond motifs is 1. The fraction of sp³-hybridized carbons (Fsp3) is 0.304. The number of para-hydroxylation sites is 1. The average Bonchev–Trinajstić information content (AvgIpc) is 2.70. The van der Waals surface area contributed by atoms with E-state index in [-0.39, 0.29) is 5.41 Å². The molecule has 0 radical (unpaired) electrons. The molecule has 0 bridgehead atoms. The van der Waals surface area contributed by atoms with Crippen LogP contribution in [-0.2, 0) is 16.5 Å². The van der Waals surface area contributed by atoms with Crippen molar-refractivity contribution in [1.29, 1.82) is 0 Å². The standard InChI is InChI=1S/C23H27ClN5OP/c1-23(2)14-25-12-15-11-16(9-10-17(15)23)27-22-26-13-18(24)21(29-22)28-19-7-5-6-8-20(19)31(3,4)30/h5-11,13,25H,12,14H2,1-4H3,(H2,26,27,28,29). The maximum Gasteiger partial charge on any atom is 0.229 e. The minimum absolute atomic E-state index is 0.103. The lowest BCUT2D eigenvalue weighted by Crippen LogP contribution is -2.38. The van der Waals surface area contributed by atoms with Gasteiger partial charge in [-0.25, -0.2) is 4.98 Å². The highest BCUT2D eigenvalue weighted by Crippen LogP contribution is 2.38. The number of hydrogen-bond donors (Lipinski definition) is 3. The Balaban J connectivity index is 1.61. The first kappa shape index (κ1) is 21.8. The molecule has 0 spiro atoms. The van der Waals surface area contributed by atoms with Crippen LogP contribution in [0.1, 0.15) is 25.0 Å². The molecule has 1 aromatic heterocycles. The lowest BCUT2D eigenvalue weighted by Gasteiger charge is -2.33. The van der Waals surface area contributed by atoms with E-state index in [1.807, 2.05) is 24.3 Å². The second-order valence-corrected chi connectivity index (χ2v) is 12.5. The van der Waals surface area contributed by atoms with Gasteiger partial charge in [0.1, 0.15) is 12.2 Å². The highest BCUT2D eigenvalue weighted by molar-refractivity contribution is 7.70. The molecule has 162 valence electrons. The van der Waals surface area contributed by atoms with Gasteiger partial charge < -0.3 is 20.5 Å². The first-order valence-electron chi connectivity index (χ1n) is 10.2. The predicted octanol–water partition coefficient (Wildman–Crippen LogP) is 5.25. The highest BCUT2D eigenvalue weighted by Gasteiger charge is 2.27. The predicted molar refractivity (Wildman–Crippen MR) is 130 cm³/mol. The van der Waals surface area contributed by atoms with Gasteiger partial charge in [0.2, 0.25) is 5.95 Å². The summed E-state index contributed by atoms with van der Waals surface area (Å²) in [5.41, 5.74) is 4.37. The number of rotatable bonds is 5. The molecule has 1 aliphatic heterocycles. The zero-order chi connectivity index (χ0) is 22.2. The minimum atomic E-state index is -2.47. The lowest BCUT2D eigenvalue weighted by molar-refractivity contribution is 0.435. The van der Waals surface area contributed by atoms with Crippen LogP contribution in [0.4, 0.5) is 23.1 Å². The third-order valence-corrected chi connectivity index (χ3v) is 7.28. The Morgan fingerprint density at radius 2 is 1.90 bits per heavy atom. The third kappa shape index (κ3) is 4.77. The van der Waals surface area contributed by atoms with Crippen molar-refractivity contribution in [3.63, 3.8) is 0 Å². The summed E-state index contributed by atoms with van der Waals surface area (Å²) in [6.45, 7) is 9.78. The van der Waals surface area contributed by atoms with Crippen molar-refractivity contribution >= 4 is 47.2 Å². The van der Waals surface area contributed by atoms with Crippen molar-refractivity contribution in [3.05, 3.63) is 64.8 Å². The first-order valence-corrected chi connectivity index (χ1v) is 13.2. The average molecular weight is 456 g/mol. The molecule has 0 atom stereocenters. The van der Waals surface area contributed by atoms with E-state index in [0.717, 1.165) is 29.8 Å². The van der Waals surface area contributed by atoms with E-state index in [0.29, 0.717) is 16.8 Å². The Morgan fingerprint density at radius 1 is 1.13 bits per heavy atom. The van der Waals surface area contributed by atoms with Crippen LogP contribution >= 0.6 is 18.7 Å². The van der Waals surface area contributed by atoms with E-state index in [1.54, 1.807) is 19.5 Å². The normalized spacial score (nSPS) is 15.3. The lowest BCUT2D eigenvalue weighted by atomic mass is 9.79. The molecule has 3 N–H and O–H groups in total. The van der Waals surface area contributed by atoms with E-state index in [4.69, 9.17) is 11.6 Å². The van der Waals surface area contributed by atoms with Gasteiger partial charge in [0.05, 0.1) is 11.9 Å². The van der Waals surface area contributed by atoms with Gasteiger partial charge in [0.25, 0.3) is 0 Å². The number of benzene rings is 2. The first-order chi connectivity index (χ1) is 14.6. The Labute approximate surface area is 188 Å². The van der Waals surface area contributed by atoms with Gasteiger partial charge in [-0.3, -0.25) is 0 Å². The van der Waals surface area contributed by atoms with E-state index >= 15 is 0 Å². The van der Waals surface area contributed by atoms with Crippen molar-refractivity contribution in [2.45, 2.75) is 25.8 Å². The van der Waals surface area contributed by atoms with E-state index in [1.165, 1.54) is 11.1 Å². The number of hydrogen-bond acceptors (Lipinski definition) is 6. The van der Waals surface area contributed by atoms with Crippen LogP contribution in [0.3, 0.4) is 0 Å². The van der Waals surface area contributed by atoms with Gasteiger partial charge in [0.15, 0.2) is 5.82 Å². The summed E-state index contributed by atoms with van der Waals surface area (Å²) >= 11 is 6.35. The molecule has 2 aromatic carbocycles. The van der Waals surface area contributed by atoms with E-state index in [9.17, 15) is 4.57 Å². The molecule has 0 unspecified atom stereocenters. The molecule has 2 heterocycles. The van der Waals surface area contributed by atoms with E-state index < -0.39 is 7.14 Å². The molecule has 0 saturated heterocycles.